The molecule has 0 aromatic heterocycles. The van der Waals surface area contributed by atoms with Gasteiger partial charge >= 0.3 is 0 Å². The van der Waals surface area contributed by atoms with Crippen LogP contribution in [0.4, 0.5) is 0 Å². The number of ether oxygens (including phenoxy) is 2. The molecule has 0 N–H and O–H groups in total. The van der Waals surface area contributed by atoms with Gasteiger partial charge in [-0.1, -0.05) is 0 Å². The summed E-state index contributed by atoms with van der Waals surface area (Å²) in [4.78, 5) is 5.00. The predicted octanol–water partition coefficient (Wildman–Crippen LogP) is 1.16. The van der Waals surface area contributed by atoms with Gasteiger partial charge in [0.05, 0.1) is 13.2 Å². The zero-order valence-corrected chi connectivity index (χ0v) is 11.4. The molecule has 0 radical (unpaired) electrons. The third kappa shape index (κ3) is 3.65. The van der Waals surface area contributed by atoms with Crippen LogP contribution in [0.1, 0.15) is 26.7 Å². The second-order valence-corrected chi connectivity index (χ2v) is 5.44. The number of piperazine rings is 1. The minimum absolute atomic E-state index is 0.0361. The summed E-state index contributed by atoms with van der Waals surface area (Å²) in [6.45, 7) is 9.74. The summed E-state index contributed by atoms with van der Waals surface area (Å²) in [5.74, 6) is 0. The van der Waals surface area contributed by atoms with Crippen molar-refractivity contribution in [3.63, 3.8) is 0 Å². The Bertz CT molecular complexity index is 219. The molecule has 0 aliphatic carbocycles. The van der Waals surface area contributed by atoms with Gasteiger partial charge in [0.15, 0.2) is 6.29 Å². The maximum atomic E-state index is 5.58. The van der Waals surface area contributed by atoms with Crippen molar-refractivity contribution >= 4 is 0 Å². The number of hydrogen-bond donors (Lipinski definition) is 0. The van der Waals surface area contributed by atoms with E-state index in [4.69, 9.17) is 9.47 Å². The van der Waals surface area contributed by atoms with E-state index in [1.165, 1.54) is 0 Å². The average molecular weight is 242 g/mol. The number of likely N-dealkylation sites (N-methyl/N-ethyl adjacent to an activating group) is 1. The zero-order valence-electron chi connectivity index (χ0n) is 11.4. The molecule has 2 fully saturated rings. The maximum absolute atomic E-state index is 5.58. The van der Waals surface area contributed by atoms with Crippen molar-refractivity contribution < 1.29 is 9.47 Å². The molecule has 2 heterocycles. The fourth-order valence-electron chi connectivity index (χ4n) is 2.69. The van der Waals surface area contributed by atoms with Crippen LogP contribution in [0.15, 0.2) is 0 Å². The second kappa shape index (κ2) is 6.14. The van der Waals surface area contributed by atoms with E-state index in [2.05, 4.69) is 30.7 Å². The zero-order chi connectivity index (χ0) is 12.3. The van der Waals surface area contributed by atoms with E-state index in [0.717, 1.165) is 45.7 Å². The van der Waals surface area contributed by atoms with Gasteiger partial charge in [0.25, 0.3) is 0 Å². The average Bonchev–Trinajstić information content (AvgIpc) is 2.34. The molecule has 2 rings (SSSR count). The Hall–Kier alpha value is -0.160. The summed E-state index contributed by atoms with van der Waals surface area (Å²) < 4.78 is 11.2. The van der Waals surface area contributed by atoms with Gasteiger partial charge in [-0.25, -0.2) is 0 Å². The number of rotatable bonds is 3. The van der Waals surface area contributed by atoms with Crippen molar-refractivity contribution in [1.82, 2.24) is 9.80 Å². The first-order valence-corrected chi connectivity index (χ1v) is 6.84. The molecule has 2 saturated heterocycles. The summed E-state index contributed by atoms with van der Waals surface area (Å²) in [6, 6.07) is 1.29. The quantitative estimate of drug-likeness (QED) is 0.741. The molecule has 0 bridgehead atoms. The summed E-state index contributed by atoms with van der Waals surface area (Å²) in [5, 5.41) is 0. The molecule has 2 aliphatic heterocycles. The molecular weight excluding hydrogens is 216 g/mol. The van der Waals surface area contributed by atoms with Gasteiger partial charge < -0.3 is 14.4 Å². The molecule has 0 saturated carbocycles. The first-order valence-electron chi connectivity index (χ1n) is 6.84. The minimum atomic E-state index is 0.0361. The first-order chi connectivity index (χ1) is 8.16. The van der Waals surface area contributed by atoms with Crippen LogP contribution < -0.4 is 0 Å². The third-order valence-electron chi connectivity index (χ3n) is 4.01. The van der Waals surface area contributed by atoms with E-state index < -0.39 is 0 Å². The monoisotopic (exact) mass is 242 g/mol. The van der Waals surface area contributed by atoms with E-state index in [1.54, 1.807) is 0 Å². The Labute approximate surface area is 105 Å². The van der Waals surface area contributed by atoms with Gasteiger partial charge in [-0.3, -0.25) is 4.90 Å². The molecule has 0 amide bonds. The molecule has 2 atom stereocenters. The molecule has 0 aromatic carbocycles. The lowest BCUT2D eigenvalue weighted by atomic mass is 10.1. The van der Waals surface area contributed by atoms with Crippen LogP contribution in [0.5, 0.6) is 0 Å². The fraction of sp³-hybridized carbons (Fsp3) is 1.00. The molecular formula is C13H26N2O2. The maximum Gasteiger partial charge on any atom is 0.158 e. The van der Waals surface area contributed by atoms with Crippen molar-refractivity contribution in [2.75, 3.05) is 39.9 Å². The second-order valence-electron chi connectivity index (χ2n) is 5.44. The Balaban J connectivity index is 1.71. The molecule has 2 unspecified atom stereocenters. The summed E-state index contributed by atoms with van der Waals surface area (Å²) in [5.41, 5.74) is 0. The lowest BCUT2D eigenvalue weighted by Crippen LogP contribution is -2.55. The van der Waals surface area contributed by atoms with Crippen LogP contribution in [0.2, 0.25) is 0 Å². The van der Waals surface area contributed by atoms with Crippen LogP contribution in [0, 0.1) is 0 Å². The van der Waals surface area contributed by atoms with E-state index in [9.17, 15) is 0 Å². The van der Waals surface area contributed by atoms with Crippen LogP contribution in [-0.2, 0) is 9.47 Å². The highest BCUT2D eigenvalue weighted by molar-refractivity contribution is 4.82. The van der Waals surface area contributed by atoms with Crippen molar-refractivity contribution in [2.24, 2.45) is 0 Å². The topological polar surface area (TPSA) is 24.9 Å². The molecule has 4 nitrogen and oxygen atoms in total. The molecule has 4 heteroatoms. The minimum Gasteiger partial charge on any atom is -0.353 e. The smallest absolute Gasteiger partial charge is 0.158 e. The van der Waals surface area contributed by atoms with Gasteiger partial charge in [0, 0.05) is 38.1 Å². The van der Waals surface area contributed by atoms with E-state index >= 15 is 0 Å². The number of nitrogens with zero attached hydrogens (tertiary/aromatic N) is 2. The third-order valence-corrected chi connectivity index (χ3v) is 4.01. The standard InChI is InChI=1S/C13H26N2O2/c1-11-9-15(10-12(2)14(11)3)6-5-13-16-7-4-8-17-13/h11-13H,4-10H2,1-3H3. The van der Waals surface area contributed by atoms with Crippen molar-refractivity contribution in [3.8, 4) is 0 Å². The van der Waals surface area contributed by atoms with Gasteiger partial charge in [0.2, 0.25) is 0 Å². The summed E-state index contributed by atoms with van der Waals surface area (Å²) in [7, 11) is 2.22. The Kier molecular flexibility index (Phi) is 4.79. The van der Waals surface area contributed by atoms with Gasteiger partial charge in [0.1, 0.15) is 0 Å². The van der Waals surface area contributed by atoms with Crippen LogP contribution in [0.3, 0.4) is 0 Å². The van der Waals surface area contributed by atoms with E-state index in [0.29, 0.717) is 12.1 Å². The molecule has 0 aromatic rings. The first kappa shape index (κ1) is 13.3. The van der Waals surface area contributed by atoms with Crippen molar-refractivity contribution in [1.29, 1.82) is 0 Å². The Morgan fingerprint density at radius 1 is 1.06 bits per heavy atom. The molecule has 17 heavy (non-hydrogen) atoms. The van der Waals surface area contributed by atoms with Crippen molar-refractivity contribution in [2.45, 2.75) is 45.1 Å². The molecule has 100 valence electrons. The summed E-state index contributed by atoms with van der Waals surface area (Å²) in [6.07, 6.45) is 2.08. The summed E-state index contributed by atoms with van der Waals surface area (Å²) >= 11 is 0. The normalized spacial score (nSPS) is 34.1. The lowest BCUT2D eigenvalue weighted by molar-refractivity contribution is -0.183. The van der Waals surface area contributed by atoms with Crippen molar-refractivity contribution in [3.05, 3.63) is 0 Å². The van der Waals surface area contributed by atoms with E-state index in [-0.39, 0.29) is 6.29 Å². The fourth-order valence-corrected chi connectivity index (χ4v) is 2.69. The SMILES string of the molecule is CC1CN(CCC2OCCCO2)CC(C)N1C. The van der Waals surface area contributed by atoms with Crippen LogP contribution >= 0.6 is 0 Å². The van der Waals surface area contributed by atoms with Crippen LogP contribution in [0.25, 0.3) is 0 Å². The lowest BCUT2D eigenvalue weighted by Gasteiger charge is -2.42. The van der Waals surface area contributed by atoms with Crippen LogP contribution in [-0.4, -0.2) is 68.1 Å². The number of hydrogen-bond acceptors (Lipinski definition) is 4. The molecule has 2 aliphatic rings. The highest BCUT2D eigenvalue weighted by Crippen LogP contribution is 2.15. The molecule has 0 spiro atoms. The Morgan fingerprint density at radius 2 is 1.65 bits per heavy atom. The predicted molar refractivity (Wildman–Crippen MR) is 68.1 cm³/mol. The van der Waals surface area contributed by atoms with Gasteiger partial charge in [-0.15, -0.1) is 0 Å². The van der Waals surface area contributed by atoms with Gasteiger partial charge in [-0.2, -0.15) is 0 Å². The highest BCUT2D eigenvalue weighted by atomic mass is 16.7. The largest absolute Gasteiger partial charge is 0.353 e. The Morgan fingerprint density at radius 3 is 2.24 bits per heavy atom. The van der Waals surface area contributed by atoms with E-state index in [1.807, 2.05) is 0 Å². The van der Waals surface area contributed by atoms with Gasteiger partial charge in [-0.05, 0) is 27.3 Å². The highest BCUT2D eigenvalue weighted by Gasteiger charge is 2.26.